The van der Waals surface area contributed by atoms with Crippen molar-refractivity contribution in [3.8, 4) is 0 Å². The van der Waals surface area contributed by atoms with Crippen molar-refractivity contribution in [1.29, 1.82) is 0 Å². The van der Waals surface area contributed by atoms with Crippen molar-refractivity contribution in [2.45, 2.75) is 98.9 Å². The van der Waals surface area contributed by atoms with Crippen LogP contribution in [0.3, 0.4) is 0 Å². The average molecular weight is 602 g/mol. The minimum absolute atomic E-state index is 0.0820. The van der Waals surface area contributed by atoms with Crippen LogP contribution in [0.4, 0.5) is 0 Å². The zero-order valence-corrected chi connectivity index (χ0v) is 27.5. The van der Waals surface area contributed by atoms with E-state index >= 15 is 0 Å². The van der Waals surface area contributed by atoms with Gasteiger partial charge in [-0.05, 0) is 80.7 Å². The molecule has 44 heavy (non-hydrogen) atoms. The van der Waals surface area contributed by atoms with Crippen LogP contribution < -0.4 is 0 Å². The van der Waals surface area contributed by atoms with Gasteiger partial charge in [-0.3, -0.25) is 14.6 Å². The van der Waals surface area contributed by atoms with Crippen molar-refractivity contribution >= 4 is 23.4 Å². The molecule has 3 rings (SSSR count). The Morgan fingerprint density at radius 3 is 2.41 bits per heavy atom. The number of nitrogens with zero attached hydrogens (tertiary/aromatic N) is 1. The molecule has 0 saturated carbocycles. The summed E-state index contributed by atoms with van der Waals surface area (Å²) in [5, 5.41) is 22.1. The number of allylic oxidation sites excluding steroid dienone is 2. The highest BCUT2D eigenvalue weighted by Crippen LogP contribution is 2.41. The molecule has 0 radical (unpaired) electrons. The number of aliphatic hydroxyl groups is 2. The second kappa shape index (κ2) is 15.6. The van der Waals surface area contributed by atoms with Crippen LogP contribution in [-0.4, -0.2) is 45.3 Å². The Balaban J connectivity index is 1.72. The molecule has 0 amide bonds. The van der Waals surface area contributed by atoms with E-state index in [-0.39, 0.29) is 24.0 Å². The number of rotatable bonds is 15. The van der Waals surface area contributed by atoms with Gasteiger partial charge >= 0.3 is 5.97 Å². The number of hydrogen-bond donors (Lipinski definition) is 2. The Hall–Kier alpha value is -3.35. The Morgan fingerprint density at radius 1 is 1.11 bits per heavy atom. The first-order chi connectivity index (χ1) is 20.7. The molecule has 0 spiro atoms. The van der Waals surface area contributed by atoms with Gasteiger partial charge in [0.15, 0.2) is 0 Å². The molecular formula is C38H51NO5. The number of aryl methyl sites for hydroxylation is 1. The fourth-order valence-electron chi connectivity index (χ4n) is 5.99. The number of ether oxygens (including phenoxy) is 1. The predicted molar refractivity (Wildman–Crippen MR) is 177 cm³/mol. The molecule has 1 aliphatic carbocycles. The molecule has 0 fully saturated rings. The van der Waals surface area contributed by atoms with E-state index in [1.54, 1.807) is 20.8 Å². The number of hydrogen-bond acceptors (Lipinski definition) is 6. The minimum Gasteiger partial charge on any atom is -0.457 e. The summed E-state index contributed by atoms with van der Waals surface area (Å²) in [6.07, 6.45) is 6.19. The summed E-state index contributed by atoms with van der Waals surface area (Å²) in [5.74, 6) is -1.72. The van der Waals surface area contributed by atoms with Crippen LogP contribution >= 0.6 is 0 Å². The molecule has 0 bridgehead atoms. The normalized spacial score (nSPS) is 19.9. The second-order valence-electron chi connectivity index (χ2n) is 13.3. The Bertz CT molecular complexity index is 1340. The lowest BCUT2D eigenvalue weighted by atomic mass is 9.73. The second-order valence-corrected chi connectivity index (χ2v) is 13.3. The number of aromatic nitrogens is 1. The van der Waals surface area contributed by atoms with E-state index in [4.69, 9.17) is 4.74 Å². The first-order valence-electron chi connectivity index (χ1n) is 15.8. The highest BCUT2D eigenvalue weighted by Gasteiger charge is 2.43. The molecule has 0 unspecified atom stereocenters. The van der Waals surface area contributed by atoms with E-state index in [1.807, 2.05) is 82.4 Å². The van der Waals surface area contributed by atoms with Gasteiger partial charge in [-0.15, -0.1) is 6.58 Å². The van der Waals surface area contributed by atoms with Crippen molar-refractivity contribution in [2.75, 3.05) is 0 Å². The van der Waals surface area contributed by atoms with Crippen molar-refractivity contribution < 1.29 is 24.5 Å². The van der Waals surface area contributed by atoms with Crippen molar-refractivity contribution in [3.05, 3.63) is 89.3 Å². The van der Waals surface area contributed by atoms with Crippen LogP contribution in [-0.2, 0) is 14.3 Å². The van der Waals surface area contributed by atoms with E-state index in [0.717, 1.165) is 52.8 Å². The van der Waals surface area contributed by atoms with Gasteiger partial charge in [-0.1, -0.05) is 81.8 Å². The summed E-state index contributed by atoms with van der Waals surface area (Å²) in [6, 6.07) is 14.0. The maximum atomic E-state index is 13.5. The molecule has 2 N–H and O–H groups in total. The van der Waals surface area contributed by atoms with Gasteiger partial charge in [-0.25, -0.2) is 0 Å². The van der Waals surface area contributed by atoms with Crippen LogP contribution in [0.5, 0.6) is 0 Å². The lowest BCUT2D eigenvalue weighted by Crippen LogP contribution is -2.45. The first-order valence-corrected chi connectivity index (χ1v) is 15.8. The lowest BCUT2D eigenvalue weighted by Gasteiger charge is -2.34. The van der Waals surface area contributed by atoms with Gasteiger partial charge < -0.3 is 14.9 Å². The third kappa shape index (κ3) is 9.09. The number of Topliss-reactive ketones (excluding diaryl/α,β-unsaturated/α-hetero) is 1. The fraction of sp³-hybridized carbons (Fsp3) is 0.500. The van der Waals surface area contributed by atoms with Crippen LogP contribution in [0.1, 0.15) is 90.5 Å². The van der Waals surface area contributed by atoms with Crippen LogP contribution in [0, 0.1) is 30.1 Å². The average Bonchev–Trinajstić information content (AvgIpc) is 3.29. The topological polar surface area (TPSA) is 96.7 Å². The van der Waals surface area contributed by atoms with Gasteiger partial charge in [-0.2, -0.15) is 0 Å². The van der Waals surface area contributed by atoms with E-state index < -0.39 is 35.6 Å². The summed E-state index contributed by atoms with van der Waals surface area (Å²) < 4.78 is 6.05. The van der Waals surface area contributed by atoms with E-state index in [0.29, 0.717) is 6.42 Å². The molecule has 0 aliphatic heterocycles. The molecule has 2 aromatic rings. The van der Waals surface area contributed by atoms with Crippen molar-refractivity contribution in [3.63, 3.8) is 0 Å². The minimum atomic E-state index is -1.27. The van der Waals surface area contributed by atoms with Crippen molar-refractivity contribution in [2.24, 2.45) is 23.2 Å². The highest BCUT2D eigenvalue weighted by molar-refractivity contribution is 5.88. The maximum absolute atomic E-state index is 13.5. The summed E-state index contributed by atoms with van der Waals surface area (Å²) in [6.45, 7) is 16.8. The SMILES string of the molecule is C=C(C)CCC[C@H](C)[C@H](O)[C@@H](C)C(=O)C(C)(C)[C@@H](O)CC(=O)O[C@@H]1C(C)=C(c2ccc(C)cn2)C[C@H]1C=Cc1ccccc1. The molecule has 1 aliphatic rings. The molecule has 0 saturated heterocycles. The van der Waals surface area contributed by atoms with Gasteiger partial charge in [0.05, 0.1) is 29.7 Å². The number of ketones is 1. The molecule has 1 aromatic heterocycles. The number of carbonyl (C=O) groups excluding carboxylic acids is 2. The summed E-state index contributed by atoms with van der Waals surface area (Å²) in [4.78, 5) is 31.4. The smallest absolute Gasteiger partial charge is 0.309 e. The molecular weight excluding hydrogens is 550 g/mol. The van der Waals surface area contributed by atoms with E-state index in [1.165, 1.54) is 0 Å². The van der Waals surface area contributed by atoms with Gasteiger partial charge in [0.25, 0.3) is 0 Å². The Morgan fingerprint density at radius 2 is 1.80 bits per heavy atom. The number of carbonyl (C=O) groups is 2. The third-order valence-corrected chi connectivity index (χ3v) is 9.15. The zero-order valence-electron chi connectivity index (χ0n) is 27.5. The number of esters is 1. The lowest BCUT2D eigenvalue weighted by molar-refractivity contribution is -0.155. The molecule has 1 heterocycles. The van der Waals surface area contributed by atoms with Gasteiger partial charge in [0.1, 0.15) is 11.9 Å². The van der Waals surface area contributed by atoms with Crippen LogP contribution in [0.25, 0.3) is 11.6 Å². The standard InChI is InChI=1S/C38H51NO5/c1-24(2)13-12-14-26(4)35(42)28(6)37(43)38(7,8)33(40)22-34(41)44-36-27(5)31(32-20-17-25(3)23-39-32)21-30(36)19-18-29-15-10-9-11-16-29/h9-11,15-20,23,26,28,30,33,35-36,40,42H,1,12-14,21-22H2,2-8H3/t26-,28+,30+,33-,35-,36+/m0/s1. The molecule has 6 atom stereocenters. The fourth-order valence-corrected chi connectivity index (χ4v) is 5.99. The number of benzene rings is 1. The summed E-state index contributed by atoms with van der Waals surface area (Å²) in [5.41, 5.74) is 4.80. The monoisotopic (exact) mass is 601 g/mol. The quantitative estimate of drug-likeness (QED) is 0.162. The highest BCUT2D eigenvalue weighted by atomic mass is 16.5. The molecule has 238 valence electrons. The summed E-state index contributed by atoms with van der Waals surface area (Å²) in [7, 11) is 0. The maximum Gasteiger partial charge on any atom is 0.309 e. The summed E-state index contributed by atoms with van der Waals surface area (Å²) >= 11 is 0. The number of aliphatic hydroxyl groups excluding tert-OH is 2. The van der Waals surface area contributed by atoms with E-state index in [9.17, 15) is 19.8 Å². The Labute approximate surface area is 264 Å². The predicted octanol–water partition coefficient (Wildman–Crippen LogP) is 7.53. The van der Waals surface area contributed by atoms with Gasteiger partial charge in [0.2, 0.25) is 0 Å². The van der Waals surface area contributed by atoms with Crippen molar-refractivity contribution in [1.82, 2.24) is 4.98 Å². The third-order valence-electron chi connectivity index (χ3n) is 9.15. The zero-order chi connectivity index (χ0) is 32.6. The molecule has 6 nitrogen and oxygen atoms in total. The Kier molecular flexibility index (Phi) is 12.4. The van der Waals surface area contributed by atoms with E-state index in [2.05, 4.69) is 17.6 Å². The first kappa shape index (κ1) is 35.1. The largest absolute Gasteiger partial charge is 0.457 e. The molecule has 1 aromatic carbocycles. The van der Waals surface area contributed by atoms with Crippen LogP contribution in [0.2, 0.25) is 0 Å². The van der Waals surface area contributed by atoms with Gasteiger partial charge in [0, 0.05) is 18.0 Å². The number of pyridine rings is 1. The molecule has 6 heteroatoms. The van der Waals surface area contributed by atoms with Crippen LogP contribution in [0.15, 0.2) is 72.5 Å².